The number of hydrogen-bond acceptors (Lipinski definition) is 9. The molecule has 1 atom stereocenters. The van der Waals surface area contributed by atoms with Crippen molar-refractivity contribution in [2.75, 3.05) is 17.7 Å². The lowest BCUT2D eigenvalue weighted by Crippen LogP contribution is -2.44. The number of hydrogen-bond donors (Lipinski definition) is 5. The van der Waals surface area contributed by atoms with Gasteiger partial charge in [-0.25, -0.2) is 35.5 Å². The summed E-state index contributed by atoms with van der Waals surface area (Å²) in [6.07, 6.45) is -0.684. The molecule has 0 aromatic heterocycles. The Morgan fingerprint density at radius 2 is 1.33 bits per heavy atom. The van der Waals surface area contributed by atoms with Crippen LogP contribution in [0, 0.1) is 6.92 Å². The summed E-state index contributed by atoms with van der Waals surface area (Å²) in [5.74, 6) is -1.52. The molecule has 0 spiro atoms. The molecule has 7 N–H and O–H groups in total. The Morgan fingerprint density at radius 3 is 1.79 bits per heavy atom. The fraction of sp³-hybridized carbons (Fsp3) is 0.200. The minimum absolute atomic E-state index is 0.0344. The maximum absolute atomic E-state index is 13.4. The van der Waals surface area contributed by atoms with E-state index >= 15 is 0 Å². The molecule has 0 aliphatic rings. The Hall–Kier alpha value is -3.58. The lowest BCUT2D eigenvalue weighted by molar-refractivity contribution is -0.118. The zero-order chi connectivity index (χ0) is 32.2. The first kappa shape index (κ1) is 33.9. The summed E-state index contributed by atoms with van der Waals surface area (Å²) in [5.41, 5.74) is 0.897. The summed E-state index contributed by atoms with van der Waals surface area (Å²) in [7, 11) is -11.1. The number of benzene rings is 3. The van der Waals surface area contributed by atoms with Crippen LogP contribution in [0.15, 0.2) is 75.4 Å². The van der Waals surface area contributed by atoms with Crippen molar-refractivity contribution < 1.29 is 39.6 Å². The van der Waals surface area contributed by atoms with Gasteiger partial charge in [0.05, 0.1) is 16.9 Å². The third-order valence-corrected chi connectivity index (χ3v) is 9.68. The van der Waals surface area contributed by atoms with Crippen molar-refractivity contribution in [3.05, 3.63) is 71.2 Å². The topological polar surface area (TPSA) is 234 Å². The van der Waals surface area contributed by atoms with Gasteiger partial charge in [0, 0.05) is 22.8 Å². The Kier molecular flexibility index (Phi) is 10.6. The number of aryl methyl sites for hydroxylation is 1. The molecule has 43 heavy (non-hydrogen) atoms. The average Bonchev–Trinajstić information content (AvgIpc) is 2.91. The van der Waals surface area contributed by atoms with Crippen LogP contribution in [0.5, 0.6) is 5.75 Å². The fourth-order valence-electron chi connectivity index (χ4n) is 3.68. The molecule has 0 aliphatic carbocycles. The van der Waals surface area contributed by atoms with Gasteiger partial charge in [-0.15, -0.1) is 0 Å². The molecule has 0 radical (unpaired) electrons. The van der Waals surface area contributed by atoms with Crippen LogP contribution < -0.4 is 30.4 Å². The highest BCUT2D eigenvalue weighted by atomic mass is 35.5. The number of sulfonamides is 3. The minimum atomic E-state index is -4.45. The Bertz CT molecular complexity index is 1850. The first-order valence-corrected chi connectivity index (χ1v) is 17.1. The number of anilines is 2. The number of nitrogens with two attached hydrogens (primary N) is 2. The number of rotatable bonds is 12. The zero-order valence-corrected chi connectivity index (χ0v) is 25.9. The molecule has 3 rings (SSSR count). The fourth-order valence-corrected chi connectivity index (χ4v) is 6.35. The van der Waals surface area contributed by atoms with Gasteiger partial charge >= 0.3 is 0 Å². The lowest BCUT2D eigenvalue weighted by atomic mass is 10.1. The molecule has 3 aromatic rings. The highest BCUT2D eigenvalue weighted by Crippen LogP contribution is 2.30. The summed E-state index contributed by atoms with van der Waals surface area (Å²) in [6.45, 7) is 1.65. The van der Waals surface area contributed by atoms with E-state index < -0.39 is 47.9 Å². The van der Waals surface area contributed by atoms with Crippen LogP contribution in [0.4, 0.5) is 11.4 Å². The molecule has 3 aromatic carbocycles. The monoisotopic (exact) mass is 673 g/mol. The van der Waals surface area contributed by atoms with E-state index in [0.29, 0.717) is 5.56 Å². The molecule has 232 valence electrons. The molecule has 2 amide bonds. The molecule has 0 aliphatic heterocycles. The van der Waals surface area contributed by atoms with Gasteiger partial charge in [0.1, 0.15) is 16.7 Å². The lowest BCUT2D eigenvalue weighted by Gasteiger charge is -2.20. The number of carbonyl (C=O) groups is 2. The van der Waals surface area contributed by atoms with Gasteiger partial charge in [0.2, 0.25) is 41.9 Å². The van der Waals surface area contributed by atoms with Crippen molar-refractivity contribution in [2.45, 2.75) is 40.5 Å². The Labute approximate surface area is 253 Å². The van der Waals surface area contributed by atoms with Crippen molar-refractivity contribution in [2.24, 2.45) is 10.3 Å². The van der Waals surface area contributed by atoms with E-state index in [1.807, 2.05) is 0 Å². The maximum Gasteiger partial charge on any atom is 0.245 e. The number of methoxy groups -OCH3 is 1. The van der Waals surface area contributed by atoms with Gasteiger partial charge < -0.3 is 15.4 Å². The average molecular weight is 674 g/mol. The van der Waals surface area contributed by atoms with Crippen molar-refractivity contribution >= 4 is 64.9 Å². The number of primary sulfonamides is 2. The zero-order valence-electron chi connectivity index (χ0n) is 22.7. The second-order valence-electron chi connectivity index (χ2n) is 9.14. The predicted molar refractivity (Wildman–Crippen MR) is 159 cm³/mol. The van der Waals surface area contributed by atoms with E-state index in [1.54, 1.807) is 6.92 Å². The van der Waals surface area contributed by atoms with Gasteiger partial charge in [-0.2, -0.15) is 4.72 Å². The number of nitrogens with one attached hydrogen (secondary N) is 3. The van der Waals surface area contributed by atoms with E-state index in [-0.39, 0.29) is 49.7 Å². The third-order valence-electron chi connectivity index (χ3n) is 5.93. The standard InChI is InChI=1S/C25H28ClN5O9S3/c1-15-13-22(40-2)23(14-20(15)26)43(38,39)31-21(25(33)30-17-5-9-19(10-6-17)42(28,36)37)11-12-24(32)29-16-3-7-18(8-4-16)41(27,34)35/h3-10,13-14,21,31H,11-12H2,1-2H3,(H,29,32)(H,30,33)(H2,27,34,35)(H2,28,36,37). The molecule has 0 bridgehead atoms. The van der Waals surface area contributed by atoms with Crippen LogP contribution in [0.25, 0.3) is 0 Å². The van der Waals surface area contributed by atoms with E-state index in [2.05, 4.69) is 15.4 Å². The van der Waals surface area contributed by atoms with Crippen molar-refractivity contribution in [1.29, 1.82) is 0 Å². The second kappa shape index (κ2) is 13.4. The molecular weight excluding hydrogens is 646 g/mol. The molecule has 0 saturated heterocycles. The van der Waals surface area contributed by atoms with Crippen molar-refractivity contribution in [3.63, 3.8) is 0 Å². The first-order chi connectivity index (χ1) is 19.9. The highest BCUT2D eigenvalue weighted by Gasteiger charge is 2.29. The smallest absolute Gasteiger partial charge is 0.245 e. The highest BCUT2D eigenvalue weighted by molar-refractivity contribution is 7.90. The number of carbonyl (C=O) groups excluding carboxylic acids is 2. The van der Waals surface area contributed by atoms with Crippen LogP contribution in [0.2, 0.25) is 5.02 Å². The Balaban J connectivity index is 1.84. The van der Waals surface area contributed by atoms with Crippen LogP contribution in [0.1, 0.15) is 18.4 Å². The van der Waals surface area contributed by atoms with Gasteiger partial charge in [-0.3, -0.25) is 9.59 Å². The maximum atomic E-state index is 13.4. The summed E-state index contributed by atoms with van der Waals surface area (Å²) in [4.78, 5) is 25.2. The number of halogens is 1. The molecule has 0 saturated carbocycles. The number of ether oxygens (including phenoxy) is 1. The van der Waals surface area contributed by atoms with E-state index in [1.165, 1.54) is 49.6 Å². The van der Waals surface area contributed by atoms with Crippen LogP contribution >= 0.6 is 11.6 Å². The molecule has 18 heteroatoms. The van der Waals surface area contributed by atoms with Gasteiger partial charge in [-0.05, 0) is 79.6 Å². The van der Waals surface area contributed by atoms with Crippen LogP contribution in [-0.2, 0) is 39.7 Å². The summed E-state index contributed by atoms with van der Waals surface area (Å²) >= 11 is 6.14. The minimum Gasteiger partial charge on any atom is -0.495 e. The van der Waals surface area contributed by atoms with Gasteiger partial charge in [0.25, 0.3) is 0 Å². The molecule has 0 fully saturated rings. The SMILES string of the molecule is COc1cc(C)c(Cl)cc1S(=O)(=O)NC(CCC(=O)Nc1ccc(S(N)(=O)=O)cc1)C(=O)Nc1ccc(S(N)(=O)=O)cc1. The van der Waals surface area contributed by atoms with Crippen molar-refractivity contribution in [1.82, 2.24) is 4.72 Å². The van der Waals surface area contributed by atoms with Crippen LogP contribution in [-0.4, -0.2) is 50.2 Å². The largest absolute Gasteiger partial charge is 0.495 e. The third kappa shape index (κ3) is 9.20. The predicted octanol–water partition coefficient (Wildman–Crippen LogP) is 1.66. The molecule has 0 heterocycles. The summed E-state index contributed by atoms with van der Waals surface area (Å²) < 4.78 is 80.2. The molecule has 1 unspecified atom stereocenters. The van der Waals surface area contributed by atoms with E-state index in [0.717, 1.165) is 18.2 Å². The molecule has 14 nitrogen and oxygen atoms in total. The first-order valence-electron chi connectivity index (χ1n) is 12.1. The quantitative estimate of drug-likeness (QED) is 0.188. The summed E-state index contributed by atoms with van der Waals surface area (Å²) in [5, 5.41) is 15.3. The summed E-state index contributed by atoms with van der Waals surface area (Å²) in [6, 6.07) is 10.9. The normalized spacial score (nSPS) is 12.8. The van der Waals surface area contributed by atoms with Gasteiger partial charge in [0.15, 0.2) is 0 Å². The van der Waals surface area contributed by atoms with E-state index in [9.17, 15) is 34.8 Å². The van der Waals surface area contributed by atoms with Crippen LogP contribution in [0.3, 0.4) is 0 Å². The van der Waals surface area contributed by atoms with E-state index in [4.69, 9.17) is 26.6 Å². The molecular formula is C25H28ClN5O9S3. The van der Waals surface area contributed by atoms with Gasteiger partial charge in [-0.1, -0.05) is 11.6 Å². The Morgan fingerprint density at radius 1 is 0.837 bits per heavy atom. The van der Waals surface area contributed by atoms with Crippen molar-refractivity contribution in [3.8, 4) is 5.75 Å². The second-order valence-corrected chi connectivity index (χ2v) is 14.4. The number of amides is 2.